The van der Waals surface area contributed by atoms with E-state index in [4.69, 9.17) is 35.4 Å². The molecule has 0 aromatic heterocycles. The third kappa shape index (κ3) is 5.42. The second-order valence-corrected chi connectivity index (χ2v) is 5.24. The molecule has 1 aromatic carbocycles. The third-order valence-electron chi connectivity index (χ3n) is 2.52. The number of benzene rings is 1. The summed E-state index contributed by atoms with van der Waals surface area (Å²) in [5.74, 6) is 0. The van der Waals surface area contributed by atoms with Gasteiger partial charge >= 0.3 is 0 Å². The molecule has 0 radical (unpaired) electrons. The largest absolute Gasteiger partial charge is 0.362 e. The minimum Gasteiger partial charge on any atom is -0.362 e. The van der Waals surface area contributed by atoms with Crippen molar-refractivity contribution < 1.29 is 0 Å². The van der Waals surface area contributed by atoms with Gasteiger partial charge in [-0.25, -0.2) is 0 Å². The van der Waals surface area contributed by atoms with Crippen LogP contribution in [0.2, 0.25) is 10.0 Å². The number of anilines is 1. The lowest BCUT2D eigenvalue weighted by atomic mass is 10.2. The molecule has 5 heteroatoms. The number of halogens is 2. The van der Waals surface area contributed by atoms with Crippen LogP contribution in [0.1, 0.15) is 32.6 Å². The van der Waals surface area contributed by atoms with Gasteiger partial charge in [0.05, 0.1) is 15.7 Å². The molecule has 18 heavy (non-hydrogen) atoms. The quantitative estimate of drug-likeness (QED) is 0.580. The molecule has 2 N–H and O–H groups in total. The number of hydrogen-bond acceptors (Lipinski definition) is 1. The number of rotatable bonds is 6. The molecule has 0 bridgehead atoms. The average Bonchev–Trinajstić information content (AvgIpc) is 2.35. The summed E-state index contributed by atoms with van der Waals surface area (Å²) in [5, 5.41) is 7.80. The molecule has 0 heterocycles. The van der Waals surface area contributed by atoms with Gasteiger partial charge in [0.2, 0.25) is 0 Å². The molecule has 0 spiro atoms. The van der Waals surface area contributed by atoms with Crippen molar-refractivity contribution in [2.24, 2.45) is 0 Å². The van der Waals surface area contributed by atoms with Gasteiger partial charge in [0.15, 0.2) is 5.11 Å². The monoisotopic (exact) mass is 304 g/mol. The fraction of sp³-hybridized carbons (Fsp3) is 0.462. The van der Waals surface area contributed by atoms with Crippen LogP contribution in [0, 0.1) is 0 Å². The van der Waals surface area contributed by atoms with E-state index >= 15 is 0 Å². The molecular formula is C13H18Cl2N2S. The van der Waals surface area contributed by atoms with Crippen molar-refractivity contribution in [2.45, 2.75) is 32.6 Å². The summed E-state index contributed by atoms with van der Waals surface area (Å²) in [6.45, 7) is 3.07. The van der Waals surface area contributed by atoms with E-state index in [0.29, 0.717) is 15.2 Å². The lowest BCUT2D eigenvalue weighted by molar-refractivity contribution is 0.655. The SMILES string of the molecule is CCCCCCNC(=S)Nc1cccc(Cl)c1Cl. The average molecular weight is 305 g/mol. The Bertz CT molecular complexity index is 397. The number of hydrogen-bond donors (Lipinski definition) is 2. The van der Waals surface area contributed by atoms with Gasteiger partial charge in [0.1, 0.15) is 0 Å². The zero-order valence-corrected chi connectivity index (χ0v) is 12.8. The van der Waals surface area contributed by atoms with Crippen LogP contribution in [0.4, 0.5) is 5.69 Å². The second kappa shape index (κ2) is 8.57. The summed E-state index contributed by atoms with van der Waals surface area (Å²) in [7, 11) is 0. The maximum absolute atomic E-state index is 6.06. The van der Waals surface area contributed by atoms with Crippen molar-refractivity contribution >= 4 is 46.2 Å². The van der Waals surface area contributed by atoms with Crippen molar-refractivity contribution in [1.29, 1.82) is 0 Å². The molecule has 0 amide bonds. The molecule has 0 aliphatic rings. The molecule has 100 valence electrons. The van der Waals surface area contributed by atoms with Gasteiger partial charge in [-0.15, -0.1) is 0 Å². The fourth-order valence-corrected chi connectivity index (χ4v) is 2.08. The van der Waals surface area contributed by atoms with Crippen LogP contribution in [-0.4, -0.2) is 11.7 Å². The van der Waals surface area contributed by atoms with Crippen LogP contribution < -0.4 is 10.6 Å². The van der Waals surface area contributed by atoms with Crippen LogP contribution in [0.15, 0.2) is 18.2 Å². The molecular weight excluding hydrogens is 287 g/mol. The first-order valence-corrected chi connectivity index (χ1v) is 7.30. The molecule has 0 aliphatic heterocycles. The second-order valence-electron chi connectivity index (χ2n) is 4.04. The van der Waals surface area contributed by atoms with Crippen molar-refractivity contribution in [3.63, 3.8) is 0 Å². The molecule has 1 rings (SSSR count). The Morgan fingerprint density at radius 3 is 2.72 bits per heavy atom. The van der Waals surface area contributed by atoms with E-state index in [9.17, 15) is 0 Å². The Balaban J connectivity index is 2.34. The van der Waals surface area contributed by atoms with Crippen molar-refractivity contribution in [1.82, 2.24) is 5.32 Å². The van der Waals surface area contributed by atoms with E-state index in [2.05, 4.69) is 17.6 Å². The highest BCUT2D eigenvalue weighted by Gasteiger charge is 2.05. The summed E-state index contributed by atoms with van der Waals surface area (Å²) in [6, 6.07) is 5.43. The summed E-state index contributed by atoms with van der Waals surface area (Å²) < 4.78 is 0. The van der Waals surface area contributed by atoms with E-state index in [1.165, 1.54) is 19.3 Å². The zero-order valence-electron chi connectivity index (χ0n) is 10.4. The van der Waals surface area contributed by atoms with Crippen molar-refractivity contribution in [2.75, 3.05) is 11.9 Å². The van der Waals surface area contributed by atoms with Gasteiger partial charge in [-0.3, -0.25) is 0 Å². The summed E-state index contributed by atoms with van der Waals surface area (Å²) in [6.07, 6.45) is 4.85. The first kappa shape index (κ1) is 15.5. The van der Waals surface area contributed by atoms with E-state index in [0.717, 1.165) is 18.7 Å². The first-order chi connectivity index (χ1) is 8.65. The van der Waals surface area contributed by atoms with Crippen LogP contribution in [0.5, 0.6) is 0 Å². The number of unbranched alkanes of at least 4 members (excludes halogenated alkanes) is 3. The van der Waals surface area contributed by atoms with Crippen LogP contribution in [0.3, 0.4) is 0 Å². The molecule has 2 nitrogen and oxygen atoms in total. The first-order valence-electron chi connectivity index (χ1n) is 6.14. The highest BCUT2D eigenvalue weighted by molar-refractivity contribution is 7.80. The van der Waals surface area contributed by atoms with Gasteiger partial charge in [-0.1, -0.05) is 55.5 Å². The molecule has 0 saturated carbocycles. The fourth-order valence-electron chi connectivity index (χ4n) is 1.52. The van der Waals surface area contributed by atoms with E-state index in [1.807, 2.05) is 12.1 Å². The van der Waals surface area contributed by atoms with Crippen LogP contribution in [0.25, 0.3) is 0 Å². The Hall–Kier alpha value is -0.510. The Labute approximate surface area is 124 Å². The summed E-state index contributed by atoms with van der Waals surface area (Å²) >= 11 is 17.2. The third-order valence-corrected chi connectivity index (χ3v) is 3.58. The number of nitrogens with one attached hydrogen (secondary N) is 2. The maximum atomic E-state index is 6.06. The summed E-state index contributed by atoms with van der Waals surface area (Å²) in [4.78, 5) is 0. The minimum atomic E-state index is 0.495. The lowest BCUT2D eigenvalue weighted by Gasteiger charge is -2.12. The summed E-state index contributed by atoms with van der Waals surface area (Å²) in [5.41, 5.74) is 0.732. The Morgan fingerprint density at radius 1 is 1.22 bits per heavy atom. The van der Waals surface area contributed by atoms with Gasteiger partial charge in [-0.2, -0.15) is 0 Å². The predicted molar refractivity (Wildman–Crippen MR) is 84.8 cm³/mol. The normalized spacial score (nSPS) is 10.2. The Morgan fingerprint density at radius 2 is 2.00 bits per heavy atom. The van der Waals surface area contributed by atoms with Crippen molar-refractivity contribution in [3.05, 3.63) is 28.2 Å². The Kier molecular flexibility index (Phi) is 7.40. The van der Waals surface area contributed by atoms with E-state index < -0.39 is 0 Å². The number of thiocarbonyl (C=S) groups is 1. The molecule has 0 fully saturated rings. The van der Waals surface area contributed by atoms with Gasteiger partial charge < -0.3 is 10.6 Å². The standard InChI is InChI=1S/C13H18Cl2N2S/c1-2-3-4-5-9-16-13(18)17-11-8-6-7-10(14)12(11)15/h6-8H,2-5,9H2,1H3,(H2,16,17,18). The van der Waals surface area contributed by atoms with Gasteiger partial charge in [0.25, 0.3) is 0 Å². The van der Waals surface area contributed by atoms with E-state index in [-0.39, 0.29) is 0 Å². The molecule has 0 aliphatic carbocycles. The molecule has 0 saturated heterocycles. The highest BCUT2D eigenvalue weighted by Crippen LogP contribution is 2.29. The lowest BCUT2D eigenvalue weighted by Crippen LogP contribution is -2.29. The predicted octanol–water partition coefficient (Wildman–Crippen LogP) is 4.86. The van der Waals surface area contributed by atoms with E-state index in [1.54, 1.807) is 6.07 Å². The zero-order chi connectivity index (χ0) is 13.4. The van der Waals surface area contributed by atoms with Gasteiger partial charge in [0, 0.05) is 6.54 Å². The minimum absolute atomic E-state index is 0.495. The van der Waals surface area contributed by atoms with Crippen molar-refractivity contribution in [3.8, 4) is 0 Å². The topological polar surface area (TPSA) is 24.1 Å². The molecule has 0 atom stereocenters. The maximum Gasteiger partial charge on any atom is 0.170 e. The molecule has 1 aromatic rings. The molecule has 0 unspecified atom stereocenters. The smallest absolute Gasteiger partial charge is 0.170 e. The highest BCUT2D eigenvalue weighted by atomic mass is 35.5. The van der Waals surface area contributed by atoms with Crippen LogP contribution >= 0.6 is 35.4 Å². The van der Waals surface area contributed by atoms with Gasteiger partial charge in [-0.05, 0) is 30.8 Å². The van der Waals surface area contributed by atoms with Crippen LogP contribution in [-0.2, 0) is 0 Å².